The van der Waals surface area contributed by atoms with E-state index in [-0.39, 0.29) is 24.8 Å². The van der Waals surface area contributed by atoms with Crippen LogP contribution in [0.3, 0.4) is 0 Å². The summed E-state index contributed by atoms with van der Waals surface area (Å²) in [6.07, 6.45) is 2.71. The molecule has 0 amide bonds. The van der Waals surface area contributed by atoms with E-state index in [4.69, 9.17) is 4.74 Å². The van der Waals surface area contributed by atoms with Crippen LogP contribution in [-0.2, 0) is 0 Å². The number of benzene rings is 1. The molecule has 126 valence electrons. The van der Waals surface area contributed by atoms with Gasteiger partial charge in [-0.2, -0.15) is 0 Å². The van der Waals surface area contributed by atoms with Gasteiger partial charge in [0.2, 0.25) is 0 Å². The molecule has 2 fully saturated rings. The number of hydrogen-bond acceptors (Lipinski definition) is 3. The zero-order valence-corrected chi connectivity index (χ0v) is 16.1. The third-order valence-electron chi connectivity index (χ3n) is 4.20. The monoisotopic (exact) mass is 410 g/mol. The molecule has 0 unspecified atom stereocenters. The molecule has 6 heteroatoms. The predicted octanol–water partition coefficient (Wildman–Crippen LogP) is 4.05. The molecule has 1 aromatic carbocycles. The van der Waals surface area contributed by atoms with Gasteiger partial charge in [-0.3, -0.25) is 4.90 Å². The van der Waals surface area contributed by atoms with Crippen molar-refractivity contribution in [3.63, 3.8) is 0 Å². The second-order valence-electron chi connectivity index (χ2n) is 5.68. The van der Waals surface area contributed by atoms with E-state index < -0.39 is 0 Å². The molecule has 22 heavy (non-hydrogen) atoms. The molecule has 2 aliphatic rings. The van der Waals surface area contributed by atoms with Crippen molar-refractivity contribution in [3.8, 4) is 5.75 Å². The minimum atomic E-state index is 0. The first kappa shape index (κ1) is 20.0. The predicted molar refractivity (Wildman–Crippen MR) is 99.7 cm³/mol. The summed E-state index contributed by atoms with van der Waals surface area (Å²) in [7, 11) is 0. The fraction of sp³-hybridized carbons (Fsp3) is 0.625. The van der Waals surface area contributed by atoms with Gasteiger partial charge >= 0.3 is 0 Å². The van der Waals surface area contributed by atoms with E-state index in [0.29, 0.717) is 6.04 Å². The Labute approximate surface area is 154 Å². The van der Waals surface area contributed by atoms with Gasteiger partial charge in [0.1, 0.15) is 5.75 Å². The highest BCUT2D eigenvalue weighted by Gasteiger charge is 2.38. The lowest BCUT2D eigenvalue weighted by Crippen LogP contribution is -2.45. The molecule has 3 nitrogen and oxygen atoms in total. The molecule has 1 heterocycles. The van der Waals surface area contributed by atoms with Crippen LogP contribution in [0.2, 0.25) is 0 Å². The highest BCUT2D eigenvalue weighted by atomic mass is 79.9. The lowest BCUT2D eigenvalue weighted by atomic mass is 9.98. The van der Waals surface area contributed by atoms with Crippen molar-refractivity contribution in [3.05, 3.63) is 28.2 Å². The van der Waals surface area contributed by atoms with Crippen molar-refractivity contribution in [2.24, 2.45) is 5.92 Å². The minimum absolute atomic E-state index is 0. The first-order valence-corrected chi connectivity index (χ1v) is 8.46. The molecule has 0 bridgehead atoms. The first-order chi connectivity index (χ1) is 9.79. The van der Waals surface area contributed by atoms with Crippen molar-refractivity contribution in [2.75, 3.05) is 32.8 Å². The number of ether oxygens (including phenoxy) is 1. The number of nitrogens with one attached hydrogen (secondary N) is 1. The number of halogens is 3. The summed E-state index contributed by atoms with van der Waals surface area (Å²) < 4.78 is 7.03. The van der Waals surface area contributed by atoms with E-state index in [1.165, 1.54) is 18.4 Å². The van der Waals surface area contributed by atoms with Gasteiger partial charge in [-0.15, -0.1) is 24.8 Å². The fourth-order valence-corrected chi connectivity index (χ4v) is 3.54. The van der Waals surface area contributed by atoms with Crippen molar-refractivity contribution in [1.82, 2.24) is 10.2 Å². The van der Waals surface area contributed by atoms with Crippen LogP contribution in [0.5, 0.6) is 5.75 Å². The third-order valence-corrected chi connectivity index (χ3v) is 4.70. The van der Waals surface area contributed by atoms with Gasteiger partial charge in [0.15, 0.2) is 0 Å². The molecule has 1 saturated carbocycles. The summed E-state index contributed by atoms with van der Waals surface area (Å²) >= 11 is 3.62. The molecule has 0 spiro atoms. The van der Waals surface area contributed by atoms with E-state index in [1.807, 2.05) is 0 Å². The van der Waals surface area contributed by atoms with Crippen LogP contribution in [0.25, 0.3) is 0 Å². The lowest BCUT2D eigenvalue weighted by molar-refractivity contribution is 0.152. The Morgan fingerprint density at radius 2 is 1.95 bits per heavy atom. The molecule has 1 aliphatic carbocycles. The zero-order valence-electron chi connectivity index (χ0n) is 12.9. The Kier molecular flexibility index (Phi) is 8.50. The SMILES string of the molecule is CCOc1ccc(Br)cc1[C@H](C1CC1)N1CCNCC1.Cl.Cl. The third kappa shape index (κ3) is 4.75. The van der Waals surface area contributed by atoms with Gasteiger partial charge in [0, 0.05) is 42.3 Å². The maximum Gasteiger partial charge on any atom is 0.124 e. The summed E-state index contributed by atoms with van der Waals surface area (Å²) in [5, 5.41) is 3.45. The summed E-state index contributed by atoms with van der Waals surface area (Å²) in [5.41, 5.74) is 1.37. The second-order valence-corrected chi connectivity index (χ2v) is 6.60. The average Bonchev–Trinajstić information content (AvgIpc) is 3.28. The van der Waals surface area contributed by atoms with E-state index in [9.17, 15) is 0 Å². The Morgan fingerprint density at radius 3 is 2.55 bits per heavy atom. The zero-order chi connectivity index (χ0) is 13.9. The summed E-state index contributed by atoms with van der Waals surface area (Å²) in [6.45, 7) is 7.26. The van der Waals surface area contributed by atoms with Gasteiger partial charge in [0.25, 0.3) is 0 Å². The largest absolute Gasteiger partial charge is 0.494 e. The maximum absolute atomic E-state index is 5.88. The smallest absolute Gasteiger partial charge is 0.124 e. The molecule has 1 N–H and O–H groups in total. The standard InChI is InChI=1S/C16H23BrN2O.2ClH/c1-2-20-15-6-5-13(17)11-14(15)16(12-3-4-12)19-9-7-18-8-10-19;;/h5-6,11-12,16,18H,2-4,7-10H2,1H3;2*1H/t16-;;/m0../s1. The van der Waals surface area contributed by atoms with Crippen LogP contribution >= 0.6 is 40.7 Å². The van der Waals surface area contributed by atoms with E-state index in [0.717, 1.165) is 48.9 Å². The van der Waals surface area contributed by atoms with Crippen LogP contribution in [0.1, 0.15) is 31.4 Å². The molecule has 3 rings (SSSR count). The Bertz CT molecular complexity index is 465. The van der Waals surface area contributed by atoms with Crippen LogP contribution in [0.15, 0.2) is 22.7 Å². The Balaban J connectivity index is 0.00000121. The number of rotatable bonds is 5. The van der Waals surface area contributed by atoms with Gasteiger partial charge < -0.3 is 10.1 Å². The molecule has 1 atom stereocenters. The minimum Gasteiger partial charge on any atom is -0.494 e. The number of piperazine rings is 1. The lowest BCUT2D eigenvalue weighted by Gasteiger charge is -2.36. The topological polar surface area (TPSA) is 24.5 Å². The Morgan fingerprint density at radius 1 is 1.27 bits per heavy atom. The van der Waals surface area contributed by atoms with Crippen molar-refractivity contribution in [1.29, 1.82) is 0 Å². The molecule has 0 aromatic heterocycles. The average molecular weight is 412 g/mol. The molecular formula is C16H25BrCl2N2O. The van der Waals surface area contributed by atoms with Crippen LogP contribution < -0.4 is 10.1 Å². The van der Waals surface area contributed by atoms with Crippen molar-refractivity contribution < 1.29 is 4.74 Å². The second kappa shape index (κ2) is 9.33. The summed E-state index contributed by atoms with van der Waals surface area (Å²) in [6, 6.07) is 6.98. The Hall–Kier alpha value is -0.000000000000000222. The van der Waals surface area contributed by atoms with Gasteiger partial charge in [-0.05, 0) is 43.9 Å². The van der Waals surface area contributed by atoms with Crippen LogP contribution in [0.4, 0.5) is 0 Å². The highest BCUT2D eigenvalue weighted by Crippen LogP contribution is 2.47. The molecule has 0 radical (unpaired) electrons. The molecule has 1 aromatic rings. The molecular weight excluding hydrogens is 387 g/mol. The normalized spacial score (nSPS) is 19.7. The van der Waals surface area contributed by atoms with Crippen molar-refractivity contribution in [2.45, 2.75) is 25.8 Å². The highest BCUT2D eigenvalue weighted by molar-refractivity contribution is 9.10. The van der Waals surface area contributed by atoms with E-state index >= 15 is 0 Å². The number of hydrogen-bond donors (Lipinski definition) is 1. The summed E-state index contributed by atoms with van der Waals surface area (Å²) in [5.74, 6) is 1.87. The molecule has 1 saturated heterocycles. The van der Waals surface area contributed by atoms with Crippen LogP contribution in [0, 0.1) is 5.92 Å². The van der Waals surface area contributed by atoms with Gasteiger partial charge in [0.05, 0.1) is 6.61 Å². The molecule has 1 aliphatic heterocycles. The first-order valence-electron chi connectivity index (χ1n) is 7.66. The fourth-order valence-electron chi connectivity index (χ4n) is 3.16. The van der Waals surface area contributed by atoms with E-state index in [2.05, 4.69) is 51.3 Å². The quantitative estimate of drug-likeness (QED) is 0.790. The van der Waals surface area contributed by atoms with E-state index in [1.54, 1.807) is 0 Å². The summed E-state index contributed by atoms with van der Waals surface area (Å²) in [4.78, 5) is 2.64. The van der Waals surface area contributed by atoms with Crippen molar-refractivity contribution >= 4 is 40.7 Å². The van der Waals surface area contributed by atoms with Gasteiger partial charge in [-0.1, -0.05) is 15.9 Å². The number of nitrogens with zero attached hydrogens (tertiary/aromatic N) is 1. The maximum atomic E-state index is 5.88. The van der Waals surface area contributed by atoms with Crippen LogP contribution in [-0.4, -0.2) is 37.7 Å². The van der Waals surface area contributed by atoms with Gasteiger partial charge in [-0.25, -0.2) is 0 Å².